The highest BCUT2D eigenvalue weighted by atomic mass is 32.2. The molecule has 0 aromatic heterocycles. The predicted molar refractivity (Wildman–Crippen MR) is 73.8 cm³/mol. The van der Waals surface area contributed by atoms with Gasteiger partial charge in [0.1, 0.15) is 5.75 Å². The van der Waals surface area contributed by atoms with E-state index in [9.17, 15) is 26.4 Å². The van der Waals surface area contributed by atoms with Crippen LogP contribution in [0.5, 0.6) is 5.75 Å². The second-order valence-corrected chi connectivity index (χ2v) is 6.75. The quantitative estimate of drug-likeness (QED) is 0.465. The Labute approximate surface area is 130 Å². The van der Waals surface area contributed by atoms with Gasteiger partial charge in [-0.25, -0.2) is 4.99 Å². The normalized spacial score (nSPS) is 16.9. The standard InChI is InChI=1S/C13H12F3NO5S/c1-7(18)8-4-5-10-9(6-8)11(17-12(2,3)21-10)22-23(19,20)13(14,15)16/h4-6H,1-3H3. The van der Waals surface area contributed by atoms with Crippen LogP contribution in [-0.4, -0.2) is 31.3 Å². The molecular formula is C13H12F3NO5S. The van der Waals surface area contributed by atoms with Crippen LogP contribution in [-0.2, 0) is 14.3 Å². The third-order valence-corrected chi connectivity index (χ3v) is 3.76. The van der Waals surface area contributed by atoms with Crippen LogP contribution in [0.15, 0.2) is 23.2 Å². The topological polar surface area (TPSA) is 82.0 Å². The molecule has 126 valence electrons. The third-order valence-electron chi connectivity index (χ3n) is 2.82. The number of carbonyl (C=O) groups excluding carboxylic acids is 1. The van der Waals surface area contributed by atoms with Crippen molar-refractivity contribution >= 4 is 21.8 Å². The van der Waals surface area contributed by atoms with Crippen molar-refractivity contribution in [2.45, 2.75) is 32.0 Å². The zero-order valence-electron chi connectivity index (χ0n) is 12.3. The number of nitrogens with zero attached hydrogens (tertiary/aromatic N) is 1. The first-order chi connectivity index (χ1) is 10.3. The van der Waals surface area contributed by atoms with Crippen molar-refractivity contribution in [3.63, 3.8) is 0 Å². The maximum absolute atomic E-state index is 12.5. The van der Waals surface area contributed by atoms with Crippen LogP contribution in [0.2, 0.25) is 0 Å². The summed E-state index contributed by atoms with van der Waals surface area (Å²) in [6.45, 7) is 4.08. The summed E-state index contributed by atoms with van der Waals surface area (Å²) in [4.78, 5) is 15.1. The Hall–Kier alpha value is -2.10. The largest absolute Gasteiger partial charge is 0.534 e. The lowest BCUT2D eigenvalue weighted by atomic mass is 10.1. The lowest BCUT2D eigenvalue weighted by Gasteiger charge is -2.29. The van der Waals surface area contributed by atoms with E-state index < -0.39 is 27.2 Å². The summed E-state index contributed by atoms with van der Waals surface area (Å²) >= 11 is 0. The molecule has 0 unspecified atom stereocenters. The van der Waals surface area contributed by atoms with E-state index in [1.807, 2.05) is 0 Å². The number of alkyl halides is 3. The van der Waals surface area contributed by atoms with Gasteiger partial charge in [-0.3, -0.25) is 4.79 Å². The molecule has 10 heteroatoms. The maximum Gasteiger partial charge on any atom is 0.534 e. The smallest absolute Gasteiger partial charge is 0.466 e. The van der Waals surface area contributed by atoms with Crippen LogP contribution >= 0.6 is 0 Å². The van der Waals surface area contributed by atoms with Crippen LogP contribution in [0.25, 0.3) is 0 Å². The highest BCUT2D eigenvalue weighted by molar-refractivity contribution is 7.88. The van der Waals surface area contributed by atoms with Gasteiger partial charge in [0.05, 0.1) is 5.56 Å². The summed E-state index contributed by atoms with van der Waals surface area (Å²) in [7, 11) is -5.89. The molecule has 0 amide bonds. The number of hydrogen-bond donors (Lipinski definition) is 0. The molecule has 0 N–H and O–H groups in total. The number of aliphatic imine (C=N–C) groups is 1. The molecule has 1 aromatic rings. The molecule has 0 radical (unpaired) electrons. The molecule has 2 rings (SSSR count). The van der Waals surface area contributed by atoms with E-state index >= 15 is 0 Å². The molecule has 0 bridgehead atoms. The first kappa shape index (κ1) is 17.3. The van der Waals surface area contributed by atoms with E-state index in [-0.39, 0.29) is 22.7 Å². The van der Waals surface area contributed by atoms with Gasteiger partial charge in [-0.1, -0.05) is 0 Å². The first-order valence-corrected chi connectivity index (χ1v) is 7.68. The van der Waals surface area contributed by atoms with Crippen molar-refractivity contribution in [1.82, 2.24) is 0 Å². The minimum atomic E-state index is -5.89. The molecule has 0 spiro atoms. The van der Waals surface area contributed by atoms with E-state index in [2.05, 4.69) is 9.18 Å². The number of Topliss-reactive ketones (excluding diaryl/α,β-unsaturated/α-hetero) is 1. The molecule has 0 fully saturated rings. The Morgan fingerprint density at radius 1 is 1.30 bits per heavy atom. The number of ketones is 1. The van der Waals surface area contributed by atoms with Gasteiger partial charge < -0.3 is 8.92 Å². The molecule has 0 atom stereocenters. The van der Waals surface area contributed by atoms with Gasteiger partial charge in [0.15, 0.2) is 11.5 Å². The Morgan fingerprint density at radius 2 is 1.91 bits per heavy atom. The molecule has 1 aliphatic rings. The van der Waals surface area contributed by atoms with Crippen molar-refractivity contribution in [2.24, 2.45) is 4.99 Å². The molecular weight excluding hydrogens is 339 g/mol. The number of rotatable bonds is 2. The van der Waals surface area contributed by atoms with Crippen LogP contribution in [0.1, 0.15) is 36.7 Å². The molecule has 1 aliphatic heterocycles. The summed E-state index contributed by atoms with van der Waals surface area (Å²) in [5, 5.41) is 0. The fourth-order valence-electron chi connectivity index (χ4n) is 1.82. The van der Waals surface area contributed by atoms with Gasteiger partial charge in [0, 0.05) is 5.56 Å². The number of fused-ring (bicyclic) bond motifs is 1. The van der Waals surface area contributed by atoms with Crippen molar-refractivity contribution in [2.75, 3.05) is 0 Å². The molecule has 23 heavy (non-hydrogen) atoms. The zero-order valence-corrected chi connectivity index (χ0v) is 13.1. The Balaban J connectivity index is 2.56. The summed E-state index contributed by atoms with van der Waals surface area (Å²) in [5.74, 6) is -1.09. The summed E-state index contributed by atoms with van der Waals surface area (Å²) in [6, 6.07) is 3.90. The first-order valence-electron chi connectivity index (χ1n) is 6.27. The Morgan fingerprint density at radius 3 is 2.43 bits per heavy atom. The van der Waals surface area contributed by atoms with Crippen LogP contribution in [0.4, 0.5) is 13.2 Å². The monoisotopic (exact) mass is 351 g/mol. The number of benzene rings is 1. The number of carbonyl (C=O) groups is 1. The average molecular weight is 351 g/mol. The molecule has 1 heterocycles. The highest BCUT2D eigenvalue weighted by Crippen LogP contribution is 2.34. The molecule has 6 nitrogen and oxygen atoms in total. The fraction of sp³-hybridized carbons (Fsp3) is 0.385. The van der Waals surface area contributed by atoms with Gasteiger partial charge in [-0.15, -0.1) is 0 Å². The molecule has 0 saturated heterocycles. The minimum Gasteiger partial charge on any atom is -0.466 e. The van der Waals surface area contributed by atoms with Crippen molar-refractivity contribution < 1.29 is 35.3 Å². The molecule has 0 aliphatic carbocycles. The second kappa shape index (κ2) is 5.22. The summed E-state index contributed by atoms with van der Waals surface area (Å²) in [6.07, 6.45) is 0. The van der Waals surface area contributed by atoms with Gasteiger partial charge in [0.25, 0.3) is 0 Å². The van der Waals surface area contributed by atoms with E-state index in [1.165, 1.54) is 32.9 Å². The van der Waals surface area contributed by atoms with E-state index in [0.717, 1.165) is 6.07 Å². The van der Waals surface area contributed by atoms with Crippen molar-refractivity contribution in [3.8, 4) is 5.75 Å². The zero-order chi connectivity index (χ0) is 17.6. The van der Waals surface area contributed by atoms with Gasteiger partial charge >= 0.3 is 15.6 Å². The van der Waals surface area contributed by atoms with Crippen LogP contribution in [0.3, 0.4) is 0 Å². The fourth-order valence-corrected chi connectivity index (χ4v) is 2.25. The van der Waals surface area contributed by atoms with Crippen LogP contribution in [0, 0.1) is 0 Å². The molecule has 0 saturated carbocycles. The molecule has 1 aromatic carbocycles. The van der Waals surface area contributed by atoms with E-state index in [0.29, 0.717) is 0 Å². The maximum atomic E-state index is 12.5. The summed E-state index contributed by atoms with van der Waals surface area (Å²) in [5.41, 5.74) is -6.94. The van der Waals surface area contributed by atoms with Crippen molar-refractivity contribution in [3.05, 3.63) is 29.3 Å². The Kier molecular flexibility index (Phi) is 3.92. The number of hydrogen-bond acceptors (Lipinski definition) is 6. The summed E-state index contributed by atoms with van der Waals surface area (Å²) < 4.78 is 69.6. The lowest BCUT2D eigenvalue weighted by molar-refractivity contribution is -0.0506. The number of halogens is 3. The van der Waals surface area contributed by atoms with E-state index in [1.54, 1.807) is 0 Å². The van der Waals surface area contributed by atoms with E-state index in [4.69, 9.17) is 4.74 Å². The SMILES string of the molecule is CC(=O)c1ccc2c(c1)C(OS(=O)(=O)C(F)(F)F)=NC(C)(C)O2. The lowest BCUT2D eigenvalue weighted by Crippen LogP contribution is -2.36. The van der Waals surface area contributed by atoms with Gasteiger partial charge in [-0.2, -0.15) is 21.6 Å². The number of ether oxygens (including phenoxy) is 1. The average Bonchev–Trinajstić information content (AvgIpc) is 2.34. The Bertz CT molecular complexity index is 796. The second-order valence-electron chi connectivity index (χ2n) is 5.22. The predicted octanol–water partition coefficient (Wildman–Crippen LogP) is 2.63. The van der Waals surface area contributed by atoms with Gasteiger partial charge in [-0.05, 0) is 39.0 Å². The van der Waals surface area contributed by atoms with Crippen molar-refractivity contribution in [1.29, 1.82) is 0 Å². The van der Waals surface area contributed by atoms with Crippen LogP contribution < -0.4 is 4.74 Å². The van der Waals surface area contributed by atoms with Gasteiger partial charge in [0.2, 0.25) is 5.90 Å². The highest BCUT2D eigenvalue weighted by Gasteiger charge is 2.50. The minimum absolute atomic E-state index is 0.0578. The third kappa shape index (κ3) is 3.46.